The standard InChI is InChI=1S/C11H15/c1-3-6-11-8-5-7-10(4-2)9-11/h5,8-9H,3-4,6H2,1-2H3. The Labute approximate surface area is 69.3 Å². The van der Waals surface area contributed by atoms with Crippen molar-refractivity contribution in [2.24, 2.45) is 0 Å². The molecular weight excluding hydrogens is 132 g/mol. The molecule has 0 N–H and O–H groups in total. The SMILES string of the molecule is CCCc1cc[c]c(CC)c1. The lowest BCUT2D eigenvalue weighted by molar-refractivity contribution is 0.917. The summed E-state index contributed by atoms with van der Waals surface area (Å²) in [4.78, 5) is 0. The van der Waals surface area contributed by atoms with Gasteiger partial charge in [-0.15, -0.1) is 0 Å². The lowest BCUT2D eigenvalue weighted by atomic mass is 10.1. The summed E-state index contributed by atoms with van der Waals surface area (Å²) >= 11 is 0. The summed E-state index contributed by atoms with van der Waals surface area (Å²) < 4.78 is 0. The van der Waals surface area contributed by atoms with Gasteiger partial charge < -0.3 is 0 Å². The lowest BCUT2D eigenvalue weighted by Gasteiger charge is -2.00. The minimum Gasteiger partial charge on any atom is -0.0651 e. The summed E-state index contributed by atoms with van der Waals surface area (Å²) in [6, 6.07) is 9.66. The van der Waals surface area contributed by atoms with E-state index in [-0.39, 0.29) is 0 Å². The molecule has 0 nitrogen and oxygen atoms in total. The average molecular weight is 147 g/mol. The molecule has 0 bridgehead atoms. The Morgan fingerprint density at radius 2 is 2.18 bits per heavy atom. The zero-order valence-corrected chi connectivity index (χ0v) is 7.35. The third-order valence-corrected chi connectivity index (χ3v) is 1.85. The van der Waals surface area contributed by atoms with Gasteiger partial charge in [0.05, 0.1) is 0 Å². The van der Waals surface area contributed by atoms with Crippen molar-refractivity contribution in [2.75, 3.05) is 0 Å². The Kier molecular flexibility index (Phi) is 3.15. The molecule has 1 aromatic rings. The van der Waals surface area contributed by atoms with Gasteiger partial charge in [-0.05, 0) is 30.0 Å². The second kappa shape index (κ2) is 4.17. The molecule has 0 aliphatic rings. The topological polar surface area (TPSA) is 0 Å². The second-order valence-corrected chi connectivity index (χ2v) is 2.83. The number of hydrogen-bond donors (Lipinski definition) is 0. The highest BCUT2D eigenvalue weighted by Gasteiger charge is 1.92. The van der Waals surface area contributed by atoms with Crippen LogP contribution in [0.25, 0.3) is 0 Å². The van der Waals surface area contributed by atoms with Crippen LogP contribution in [0.4, 0.5) is 0 Å². The fourth-order valence-electron chi connectivity index (χ4n) is 1.22. The van der Waals surface area contributed by atoms with E-state index in [1.165, 1.54) is 24.0 Å². The van der Waals surface area contributed by atoms with Crippen molar-refractivity contribution in [2.45, 2.75) is 33.1 Å². The van der Waals surface area contributed by atoms with Gasteiger partial charge in [-0.3, -0.25) is 0 Å². The molecule has 0 fully saturated rings. The zero-order chi connectivity index (χ0) is 8.10. The molecule has 0 heteroatoms. The summed E-state index contributed by atoms with van der Waals surface area (Å²) in [6.45, 7) is 4.38. The fourth-order valence-corrected chi connectivity index (χ4v) is 1.22. The maximum Gasteiger partial charge on any atom is -0.0149 e. The molecule has 0 heterocycles. The minimum absolute atomic E-state index is 1.09. The third-order valence-electron chi connectivity index (χ3n) is 1.85. The maximum absolute atomic E-state index is 3.22. The molecule has 0 atom stereocenters. The first-order valence-electron chi connectivity index (χ1n) is 4.36. The lowest BCUT2D eigenvalue weighted by Crippen LogP contribution is -1.86. The Hall–Kier alpha value is -0.780. The van der Waals surface area contributed by atoms with Crippen LogP contribution in [0.1, 0.15) is 31.4 Å². The van der Waals surface area contributed by atoms with E-state index >= 15 is 0 Å². The van der Waals surface area contributed by atoms with Gasteiger partial charge in [0.2, 0.25) is 0 Å². The van der Waals surface area contributed by atoms with Crippen LogP contribution in [0.5, 0.6) is 0 Å². The monoisotopic (exact) mass is 147 g/mol. The molecule has 0 amide bonds. The minimum atomic E-state index is 1.09. The van der Waals surface area contributed by atoms with Gasteiger partial charge in [0.1, 0.15) is 0 Å². The van der Waals surface area contributed by atoms with E-state index in [0.29, 0.717) is 0 Å². The van der Waals surface area contributed by atoms with Crippen LogP contribution >= 0.6 is 0 Å². The molecule has 0 spiro atoms. The highest BCUT2D eigenvalue weighted by Crippen LogP contribution is 2.06. The van der Waals surface area contributed by atoms with E-state index in [1.807, 2.05) is 6.07 Å². The van der Waals surface area contributed by atoms with Crippen molar-refractivity contribution in [1.82, 2.24) is 0 Å². The van der Waals surface area contributed by atoms with E-state index < -0.39 is 0 Å². The zero-order valence-electron chi connectivity index (χ0n) is 7.35. The van der Waals surface area contributed by atoms with Gasteiger partial charge in [0.15, 0.2) is 0 Å². The molecule has 11 heavy (non-hydrogen) atoms. The molecule has 0 aliphatic heterocycles. The van der Waals surface area contributed by atoms with E-state index in [0.717, 1.165) is 6.42 Å². The smallest absolute Gasteiger partial charge is 0.0149 e. The predicted octanol–water partition coefficient (Wildman–Crippen LogP) is 3.00. The molecule has 0 saturated heterocycles. The van der Waals surface area contributed by atoms with Crippen LogP contribution in [-0.2, 0) is 12.8 Å². The van der Waals surface area contributed by atoms with Gasteiger partial charge in [-0.2, -0.15) is 0 Å². The quantitative estimate of drug-likeness (QED) is 0.616. The second-order valence-electron chi connectivity index (χ2n) is 2.83. The first kappa shape index (κ1) is 8.32. The van der Waals surface area contributed by atoms with Crippen LogP contribution in [0.15, 0.2) is 18.2 Å². The number of hydrogen-bond acceptors (Lipinski definition) is 0. The molecule has 0 unspecified atom stereocenters. The Bertz CT molecular complexity index is 213. The van der Waals surface area contributed by atoms with E-state index in [2.05, 4.69) is 32.0 Å². The van der Waals surface area contributed by atoms with Crippen LogP contribution in [0, 0.1) is 6.07 Å². The van der Waals surface area contributed by atoms with Crippen LogP contribution < -0.4 is 0 Å². The summed E-state index contributed by atoms with van der Waals surface area (Å²) in [6.07, 6.45) is 3.52. The van der Waals surface area contributed by atoms with Gasteiger partial charge in [-0.1, -0.05) is 38.5 Å². The molecule has 1 radical (unpaired) electrons. The molecule has 1 aromatic carbocycles. The van der Waals surface area contributed by atoms with Gasteiger partial charge in [0, 0.05) is 0 Å². The Balaban J connectivity index is 2.74. The van der Waals surface area contributed by atoms with E-state index in [4.69, 9.17) is 0 Å². The summed E-state index contributed by atoms with van der Waals surface area (Å²) in [5.41, 5.74) is 2.78. The van der Waals surface area contributed by atoms with Crippen molar-refractivity contribution in [3.63, 3.8) is 0 Å². The van der Waals surface area contributed by atoms with Crippen molar-refractivity contribution in [1.29, 1.82) is 0 Å². The fraction of sp³-hybridized carbons (Fsp3) is 0.455. The predicted molar refractivity (Wildman–Crippen MR) is 48.7 cm³/mol. The van der Waals surface area contributed by atoms with E-state index in [1.54, 1.807) is 0 Å². The van der Waals surface area contributed by atoms with Crippen molar-refractivity contribution >= 4 is 0 Å². The summed E-state index contributed by atoms with van der Waals surface area (Å²) in [5, 5.41) is 0. The molecule has 0 aromatic heterocycles. The van der Waals surface area contributed by atoms with Crippen LogP contribution in [-0.4, -0.2) is 0 Å². The molecular formula is C11H15. The Morgan fingerprint density at radius 3 is 2.82 bits per heavy atom. The van der Waals surface area contributed by atoms with Crippen molar-refractivity contribution in [3.8, 4) is 0 Å². The summed E-state index contributed by atoms with van der Waals surface area (Å²) in [7, 11) is 0. The first-order chi connectivity index (χ1) is 5.36. The highest BCUT2D eigenvalue weighted by molar-refractivity contribution is 5.22. The average Bonchev–Trinajstić information content (AvgIpc) is 2.06. The van der Waals surface area contributed by atoms with E-state index in [9.17, 15) is 0 Å². The normalized spacial score (nSPS) is 10.0. The molecule has 0 aliphatic carbocycles. The number of benzene rings is 1. The van der Waals surface area contributed by atoms with Crippen LogP contribution in [0.2, 0.25) is 0 Å². The number of rotatable bonds is 3. The molecule has 1 rings (SSSR count). The van der Waals surface area contributed by atoms with Crippen LogP contribution in [0.3, 0.4) is 0 Å². The molecule has 0 saturated carbocycles. The Morgan fingerprint density at radius 1 is 1.36 bits per heavy atom. The third kappa shape index (κ3) is 2.38. The maximum atomic E-state index is 3.22. The van der Waals surface area contributed by atoms with Crippen molar-refractivity contribution < 1.29 is 0 Å². The summed E-state index contributed by atoms with van der Waals surface area (Å²) in [5.74, 6) is 0. The highest BCUT2D eigenvalue weighted by atomic mass is 14.0. The first-order valence-corrected chi connectivity index (χ1v) is 4.36. The van der Waals surface area contributed by atoms with Gasteiger partial charge in [0.25, 0.3) is 0 Å². The van der Waals surface area contributed by atoms with Gasteiger partial charge >= 0.3 is 0 Å². The van der Waals surface area contributed by atoms with Crippen molar-refractivity contribution in [3.05, 3.63) is 35.4 Å². The number of aryl methyl sites for hydroxylation is 2. The largest absolute Gasteiger partial charge is 0.0651 e. The van der Waals surface area contributed by atoms with Gasteiger partial charge in [-0.25, -0.2) is 0 Å². The molecule has 59 valence electrons.